The van der Waals surface area contributed by atoms with Gasteiger partial charge in [-0.3, -0.25) is 4.79 Å². The number of nitrogens with two attached hydrogens (primary N) is 2. The van der Waals surface area contributed by atoms with E-state index in [2.05, 4.69) is 36.6 Å². The summed E-state index contributed by atoms with van der Waals surface area (Å²) in [5.74, 6) is 4.02. The molecule has 5 aromatic rings. The summed E-state index contributed by atoms with van der Waals surface area (Å²) in [6.45, 7) is 1.56. The fourth-order valence-corrected chi connectivity index (χ4v) is 6.96. The number of hydrogen-bond donors (Lipinski definition) is 3. The van der Waals surface area contributed by atoms with Crippen LogP contribution in [0.3, 0.4) is 0 Å². The van der Waals surface area contributed by atoms with E-state index in [0.29, 0.717) is 52.7 Å². The van der Waals surface area contributed by atoms with Gasteiger partial charge in [-0.25, -0.2) is 19.9 Å². The molecule has 0 radical (unpaired) electrons. The van der Waals surface area contributed by atoms with E-state index < -0.39 is 0 Å². The maximum atomic E-state index is 13.7. The number of rotatable bonds is 7. The fourth-order valence-electron chi connectivity index (χ4n) is 6.96. The number of nitrogen functional groups attached to an aromatic ring is 1. The van der Waals surface area contributed by atoms with E-state index in [1.807, 2.05) is 30.1 Å². The summed E-state index contributed by atoms with van der Waals surface area (Å²) < 4.78 is 10.1. The zero-order valence-corrected chi connectivity index (χ0v) is 24.2. The standard InChI is InChI=1S/C31H34N10O2/c1-39-28-20(9-19(11-23(28)43-2)31(42)41-14-18-5-7-21(41)27(18)33)36-30(39)22-10-17-6-8-25(37-26-12-24(32)34-15-35-26)38-29(17)40(22)13-16-3-4-16/h6,8-12,15-16,18,21,27H,3-5,7,13-14,33H2,1-2H3,(H3,32,34,35,37,38). The molecule has 3 unspecified atom stereocenters. The van der Waals surface area contributed by atoms with Crippen LogP contribution in [0.2, 0.25) is 0 Å². The highest BCUT2D eigenvalue weighted by molar-refractivity contribution is 6.00. The van der Waals surface area contributed by atoms with Crippen LogP contribution in [0.15, 0.2) is 42.7 Å². The SMILES string of the molecule is COc1cc(C(=O)N2CC3CCC2C3N)cc2nc(-c3cc4ccc(Nc5cc(N)ncn5)nc4n3CC3CC3)n(C)c12. The lowest BCUT2D eigenvalue weighted by atomic mass is 10.1. The second kappa shape index (κ2) is 9.66. The second-order valence-corrected chi connectivity index (χ2v) is 12.1. The molecule has 3 aliphatic rings. The predicted molar refractivity (Wildman–Crippen MR) is 164 cm³/mol. The number of ether oxygens (including phenoxy) is 1. The minimum absolute atomic E-state index is 0.00688. The molecule has 12 nitrogen and oxygen atoms in total. The van der Waals surface area contributed by atoms with Crippen LogP contribution in [0.4, 0.5) is 17.5 Å². The Labute approximate surface area is 248 Å². The Morgan fingerprint density at radius 2 is 1.93 bits per heavy atom. The molecule has 3 atom stereocenters. The first-order valence-corrected chi connectivity index (χ1v) is 14.8. The van der Waals surface area contributed by atoms with Crippen LogP contribution >= 0.6 is 0 Å². The topological polar surface area (TPSA) is 155 Å². The van der Waals surface area contributed by atoms with Crippen molar-refractivity contribution in [3.63, 3.8) is 0 Å². The van der Waals surface area contributed by atoms with Gasteiger partial charge in [-0.2, -0.15) is 0 Å². The number of nitrogens with zero attached hydrogens (tertiary/aromatic N) is 7. The first-order valence-electron chi connectivity index (χ1n) is 14.8. The molecule has 220 valence electrons. The van der Waals surface area contributed by atoms with Crippen molar-refractivity contribution in [3.8, 4) is 17.3 Å². The molecule has 1 aliphatic heterocycles. The summed E-state index contributed by atoms with van der Waals surface area (Å²) in [5.41, 5.74) is 16.2. The Morgan fingerprint density at radius 3 is 2.65 bits per heavy atom. The van der Waals surface area contributed by atoms with Gasteiger partial charge in [0.05, 0.1) is 18.3 Å². The van der Waals surface area contributed by atoms with Crippen molar-refractivity contribution in [3.05, 3.63) is 48.3 Å². The number of hydrogen-bond acceptors (Lipinski definition) is 9. The van der Waals surface area contributed by atoms with Crippen LogP contribution in [-0.2, 0) is 13.6 Å². The van der Waals surface area contributed by atoms with Gasteiger partial charge in [0.25, 0.3) is 5.91 Å². The van der Waals surface area contributed by atoms with Gasteiger partial charge >= 0.3 is 0 Å². The van der Waals surface area contributed by atoms with Crippen LogP contribution in [0.1, 0.15) is 36.0 Å². The van der Waals surface area contributed by atoms with Crippen molar-refractivity contribution in [2.75, 3.05) is 24.7 Å². The quantitative estimate of drug-likeness (QED) is 0.262. The van der Waals surface area contributed by atoms with E-state index in [4.69, 9.17) is 26.2 Å². The van der Waals surface area contributed by atoms with Gasteiger partial charge in [0.1, 0.15) is 40.7 Å². The number of benzene rings is 1. The number of likely N-dealkylation sites (tertiary alicyclic amines) is 1. The number of carbonyl (C=O) groups is 1. The normalized spacial score (nSPS) is 21.3. The van der Waals surface area contributed by atoms with Crippen molar-refractivity contribution in [1.82, 2.24) is 34.0 Å². The smallest absolute Gasteiger partial charge is 0.254 e. The van der Waals surface area contributed by atoms with Crippen molar-refractivity contribution in [1.29, 1.82) is 0 Å². The second-order valence-electron chi connectivity index (χ2n) is 12.1. The Morgan fingerprint density at radius 1 is 1.07 bits per heavy atom. The molecular formula is C31H34N10O2. The Kier molecular flexibility index (Phi) is 5.83. The zero-order valence-electron chi connectivity index (χ0n) is 24.2. The van der Waals surface area contributed by atoms with Crippen molar-refractivity contribution < 1.29 is 9.53 Å². The molecule has 1 amide bonds. The molecule has 2 aliphatic carbocycles. The van der Waals surface area contributed by atoms with Gasteiger partial charge in [-0.05, 0) is 67.9 Å². The molecule has 1 aromatic carbocycles. The Bertz CT molecular complexity index is 1910. The van der Waals surface area contributed by atoms with Gasteiger partial charge in [-0.15, -0.1) is 0 Å². The lowest BCUT2D eigenvalue weighted by Crippen LogP contribution is -2.41. The highest BCUT2D eigenvalue weighted by atomic mass is 16.5. The molecule has 1 saturated heterocycles. The van der Waals surface area contributed by atoms with Gasteiger partial charge < -0.3 is 35.6 Å². The zero-order chi connectivity index (χ0) is 29.4. The summed E-state index contributed by atoms with van der Waals surface area (Å²) in [6, 6.07) is 11.7. The molecule has 0 spiro atoms. The van der Waals surface area contributed by atoms with Crippen molar-refractivity contribution in [2.24, 2.45) is 24.6 Å². The van der Waals surface area contributed by atoms with Gasteiger partial charge in [-0.1, -0.05) is 0 Å². The largest absolute Gasteiger partial charge is 0.494 e. The third kappa shape index (κ3) is 4.27. The number of methoxy groups -OCH3 is 1. The summed E-state index contributed by atoms with van der Waals surface area (Å²) in [5, 5.41) is 4.26. The maximum absolute atomic E-state index is 13.7. The van der Waals surface area contributed by atoms with Crippen LogP contribution < -0.4 is 21.5 Å². The highest BCUT2D eigenvalue weighted by Gasteiger charge is 2.47. The molecule has 2 saturated carbocycles. The number of fused-ring (bicyclic) bond motifs is 4. The van der Waals surface area contributed by atoms with Crippen LogP contribution in [0.25, 0.3) is 33.6 Å². The third-order valence-corrected chi connectivity index (χ3v) is 9.37. The first-order chi connectivity index (χ1) is 20.9. The van der Waals surface area contributed by atoms with E-state index in [1.165, 1.54) is 19.2 Å². The van der Waals surface area contributed by atoms with E-state index >= 15 is 0 Å². The number of imidazole rings is 1. The lowest BCUT2D eigenvalue weighted by Gasteiger charge is -2.27. The number of aryl methyl sites for hydroxylation is 1. The molecular weight excluding hydrogens is 544 g/mol. The third-order valence-electron chi connectivity index (χ3n) is 9.37. The van der Waals surface area contributed by atoms with Crippen LogP contribution in [0.5, 0.6) is 5.75 Å². The summed E-state index contributed by atoms with van der Waals surface area (Å²) in [4.78, 5) is 33.9. The van der Waals surface area contributed by atoms with Crippen molar-refractivity contribution >= 4 is 45.4 Å². The lowest BCUT2D eigenvalue weighted by molar-refractivity contribution is 0.0700. The maximum Gasteiger partial charge on any atom is 0.254 e. The number of carbonyl (C=O) groups excluding carboxylic acids is 1. The molecule has 3 fully saturated rings. The number of aromatic nitrogens is 6. The first kappa shape index (κ1) is 26.0. The van der Waals surface area contributed by atoms with E-state index in [-0.39, 0.29) is 18.0 Å². The number of piperidine rings is 1. The average molecular weight is 579 g/mol. The minimum Gasteiger partial charge on any atom is -0.494 e. The van der Waals surface area contributed by atoms with E-state index in [1.54, 1.807) is 13.2 Å². The summed E-state index contributed by atoms with van der Waals surface area (Å²) in [7, 11) is 3.63. The van der Waals surface area contributed by atoms with Gasteiger partial charge in [0.15, 0.2) is 5.82 Å². The van der Waals surface area contributed by atoms with Gasteiger partial charge in [0.2, 0.25) is 0 Å². The van der Waals surface area contributed by atoms with E-state index in [0.717, 1.165) is 47.5 Å². The molecule has 5 N–H and O–H groups in total. The molecule has 4 aromatic heterocycles. The number of nitrogens with one attached hydrogen (secondary N) is 1. The number of anilines is 3. The fraction of sp³-hybridized carbons (Fsp3) is 0.387. The van der Waals surface area contributed by atoms with Crippen LogP contribution in [0, 0.1) is 11.8 Å². The summed E-state index contributed by atoms with van der Waals surface area (Å²) >= 11 is 0. The highest BCUT2D eigenvalue weighted by Crippen LogP contribution is 2.40. The minimum atomic E-state index is -0.00688. The van der Waals surface area contributed by atoms with Crippen molar-refractivity contribution in [2.45, 2.75) is 44.3 Å². The number of pyridine rings is 1. The summed E-state index contributed by atoms with van der Waals surface area (Å²) in [6.07, 6.45) is 5.88. The van der Waals surface area contributed by atoms with Crippen LogP contribution in [-0.4, -0.2) is 65.6 Å². The average Bonchev–Trinajstić information content (AvgIpc) is 3.41. The molecule has 43 heavy (non-hydrogen) atoms. The van der Waals surface area contributed by atoms with E-state index in [9.17, 15) is 4.79 Å². The molecule has 12 heteroatoms. The molecule has 5 heterocycles. The van der Waals surface area contributed by atoms with Gasteiger partial charge in [0, 0.05) is 49.2 Å². The number of amides is 1. The molecule has 8 rings (SSSR count). The Hall–Kier alpha value is -4.71. The monoisotopic (exact) mass is 578 g/mol. The Balaban J connectivity index is 1.21. The predicted octanol–water partition coefficient (Wildman–Crippen LogP) is 3.69. The molecule has 2 bridgehead atoms.